The van der Waals surface area contributed by atoms with Gasteiger partial charge in [0.1, 0.15) is 31.6 Å². The average molecular weight is 723 g/mol. The number of amides is 8. The van der Waals surface area contributed by atoms with Crippen LogP contribution in [0.2, 0.25) is 0 Å². The second-order valence-electron chi connectivity index (χ2n) is 12.3. The molecule has 0 radical (unpaired) electrons. The number of hydrogen-bond acceptors (Lipinski definition) is 11. The third kappa shape index (κ3) is 12.7. The summed E-state index contributed by atoms with van der Waals surface area (Å²) in [4.78, 5) is 98.6. The summed E-state index contributed by atoms with van der Waals surface area (Å²) in [5, 5.41) is 20.6. The molecule has 1 aromatic carbocycles. The highest BCUT2D eigenvalue weighted by atomic mass is 16.5. The number of ether oxygens (including phenoxy) is 1. The van der Waals surface area contributed by atoms with Gasteiger partial charge in [-0.25, -0.2) is 4.68 Å². The molecule has 1 saturated carbocycles. The summed E-state index contributed by atoms with van der Waals surface area (Å²) < 4.78 is 6.10. The van der Waals surface area contributed by atoms with Gasteiger partial charge in [-0.2, -0.15) is 0 Å². The van der Waals surface area contributed by atoms with Crippen LogP contribution in [-0.2, 0) is 62.6 Å². The Kier molecular flexibility index (Phi) is 14.5. The highest BCUT2D eigenvalue weighted by Gasteiger charge is 2.31. The van der Waals surface area contributed by atoms with Gasteiger partial charge in [-0.3, -0.25) is 43.3 Å². The van der Waals surface area contributed by atoms with Crippen LogP contribution in [0.15, 0.2) is 48.7 Å². The molecule has 0 saturated heterocycles. The Morgan fingerprint density at radius 2 is 1.56 bits per heavy atom. The molecular weight excluding hydrogens is 680 g/mol. The molecule has 0 bridgehead atoms. The Hall–Kier alpha value is -5.98. The molecule has 19 heteroatoms. The smallest absolute Gasteiger partial charge is 0.253 e. The molecule has 278 valence electrons. The summed E-state index contributed by atoms with van der Waals surface area (Å²) in [7, 11) is 0. The largest absolute Gasteiger partial charge is 0.368 e. The van der Waals surface area contributed by atoms with Gasteiger partial charge in [0.15, 0.2) is 0 Å². The number of imide groups is 1. The van der Waals surface area contributed by atoms with E-state index in [9.17, 15) is 38.4 Å². The molecule has 52 heavy (non-hydrogen) atoms. The van der Waals surface area contributed by atoms with E-state index >= 15 is 0 Å². The van der Waals surface area contributed by atoms with Gasteiger partial charge in [0.05, 0.1) is 25.8 Å². The van der Waals surface area contributed by atoms with Gasteiger partial charge in [0, 0.05) is 31.0 Å². The topological polar surface area (TPSA) is 266 Å². The molecule has 2 heterocycles. The minimum atomic E-state index is -1.07. The molecule has 1 unspecified atom stereocenters. The molecule has 2 aliphatic rings. The van der Waals surface area contributed by atoms with Crippen molar-refractivity contribution in [1.29, 1.82) is 0 Å². The lowest BCUT2D eigenvalue weighted by Crippen LogP contribution is -2.52. The number of nitrogens with one attached hydrogen (secondary N) is 5. The molecule has 7 N–H and O–H groups in total. The van der Waals surface area contributed by atoms with Crippen molar-refractivity contribution in [3.05, 3.63) is 59.9 Å². The SMILES string of the molecule is NC(=O)COCNC(=O)CNC(=O)C(Cc1ccccc1)NC(=O)CNC(=O)Cn1cc(CNC(=O)C2CCC(CN3C(=O)C=CC3=O)CC2)nn1. The summed E-state index contributed by atoms with van der Waals surface area (Å²) >= 11 is 0. The quantitative estimate of drug-likeness (QED) is 0.0489. The first-order chi connectivity index (χ1) is 25.0. The van der Waals surface area contributed by atoms with Crippen LogP contribution >= 0.6 is 0 Å². The number of carbonyl (C=O) groups excluding carboxylic acids is 8. The van der Waals surface area contributed by atoms with Crippen LogP contribution in [0.4, 0.5) is 0 Å². The monoisotopic (exact) mass is 722 g/mol. The normalized spacial score (nSPS) is 17.3. The van der Waals surface area contributed by atoms with Crippen LogP contribution in [0.5, 0.6) is 0 Å². The van der Waals surface area contributed by atoms with E-state index in [1.165, 1.54) is 27.9 Å². The van der Waals surface area contributed by atoms with Gasteiger partial charge in [-0.15, -0.1) is 5.10 Å². The number of primary amides is 1. The standard InChI is InChI=1S/C33H42N10O9/c34-26(44)19-52-20-38-27(45)14-37-33(51)25(12-21-4-2-1-3-5-21)39-28(46)15-35-29(47)18-42-17-24(40-41-42)13-36-32(50)23-8-6-22(7-9-23)16-43-30(48)10-11-31(43)49/h1-5,10-11,17,22-23,25H,6-9,12-16,18-20H2,(H2,34,44)(H,35,47)(H,36,50)(H,37,51)(H,38,45)(H,39,46). The third-order valence-corrected chi connectivity index (χ3v) is 8.31. The molecule has 1 aliphatic carbocycles. The lowest BCUT2D eigenvalue weighted by atomic mass is 9.81. The number of nitrogens with zero attached hydrogens (tertiary/aromatic N) is 4. The fourth-order valence-corrected chi connectivity index (χ4v) is 5.62. The zero-order valence-corrected chi connectivity index (χ0v) is 28.4. The van der Waals surface area contributed by atoms with Crippen molar-refractivity contribution < 1.29 is 43.1 Å². The minimum absolute atomic E-state index is 0.0981. The molecule has 4 rings (SSSR count). The molecule has 1 aromatic heterocycles. The highest BCUT2D eigenvalue weighted by Crippen LogP contribution is 2.30. The lowest BCUT2D eigenvalue weighted by Gasteiger charge is -2.29. The zero-order valence-electron chi connectivity index (χ0n) is 28.4. The van der Waals surface area contributed by atoms with Crippen molar-refractivity contribution >= 4 is 47.3 Å². The first kappa shape index (κ1) is 38.8. The number of nitrogens with two attached hydrogens (primary N) is 1. The zero-order chi connectivity index (χ0) is 37.5. The summed E-state index contributed by atoms with van der Waals surface area (Å²) in [6.45, 7) is -1.35. The second-order valence-corrected chi connectivity index (χ2v) is 12.3. The second kappa shape index (κ2) is 19.4. The predicted octanol–water partition coefficient (Wildman–Crippen LogP) is -2.84. The van der Waals surface area contributed by atoms with Gasteiger partial charge in [0.2, 0.25) is 35.4 Å². The maximum absolute atomic E-state index is 12.9. The van der Waals surface area contributed by atoms with Crippen molar-refractivity contribution in [3.8, 4) is 0 Å². The van der Waals surface area contributed by atoms with Crippen LogP contribution in [-0.4, -0.2) is 106 Å². The van der Waals surface area contributed by atoms with E-state index < -0.39 is 48.7 Å². The minimum Gasteiger partial charge on any atom is -0.368 e. The first-order valence-electron chi connectivity index (χ1n) is 16.7. The number of carbonyl (C=O) groups is 8. The Bertz CT molecular complexity index is 1640. The third-order valence-electron chi connectivity index (χ3n) is 8.31. The maximum Gasteiger partial charge on any atom is 0.253 e. The summed E-state index contributed by atoms with van der Waals surface area (Å²) in [6, 6.07) is 7.80. The molecule has 1 fully saturated rings. The van der Waals surface area contributed by atoms with E-state index in [2.05, 4.69) is 36.9 Å². The predicted molar refractivity (Wildman–Crippen MR) is 179 cm³/mol. The lowest BCUT2D eigenvalue weighted by molar-refractivity contribution is -0.138. The molecule has 19 nitrogen and oxygen atoms in total. The Morgan fingerprint density at radius 3 is 2.25 bits per heavy atom. The van der Waals surface area contributed by atoms with E-state index in [-0.39, 0.29) is 62.4 Å². The Labute approximate surface area is 298 Å². The van der Waals surface area contributed by atoms with Crippen LogP contribution in [0, 0.1) is 11.8 Å². The average Bonchev–Trinajstić information content (AvgIpc) is 3.71. The number of aromatic nitrogens is 3. The summed E-state index contributed by atoms with van der Waals surface area (Å²) in [5.74, 6) is -3.95. The fraction of sp³-hybridized carbons (Fsp3) is 0.455. The van der Waals surface area contributed by atoms with Gasteiger partial charge in [-0.05, 0) is 37.2 Å². The number of hydrogen-bond donors (Lipinski definition) is 6. The van der Waals surface area contributed by atoms with Crippen molar-refractivity contribution in [2.75, 3.05) is 33.0 Å². The van der Waals surface area contributed by atoms with Gasteiger partial charge in [0.25, 0.3) is 11.8 Å². The summed E-state index contributed by atoms with van der Waals surface area (Å²) in [6.07, 6.45) is 6.83. The molecule has 1 atom stereocenters. The fourth-order valence-electron chi connectivity index (χ4n) is 5.62. The van der Waals surface area contributed by atoms with Crippen LogP contribution in [0.1, 0.15) is 36.9 Å². The Balaban J connectivity index is 1.16. The van der Waals surface area contributed by atoms with Crippen LogP contribution < -0.4 is 32.3 Å². The molecule has 8 amide bonds. The maximum atomic E-state index is 12.9. The van der Waals surface area contributed by atoms with E-state index in [1.807, 2.05) is 0 Å². The van der Waals surface area contributed by atoms with Crippen molar-refractivity contribution in [3.63, 3.8) is 0 Å². The first-order valence-corrected chi connectivity index (χ1v) is 16.7. The number of benzene rings is 1. The van der Waals surface area contributed by atoms with Crippen LogP contribution in [0.3, 0.4) is 0 Å². The van der Waals surface area contributed by atoms with Crippen molar-refractivity contribution in [2.24, 2.45) is 17.6 Å². The van der Waals surface area contributed by atoms with Crippen molar-refractivity contribution in [2.45, 2.75) is 51.2 Å². The van der Waals surface area contributed by atoms with Gasteiger partial charge in [-0.1, -0.05) is 35.5 Å². The van der Waals surface area contributed by atoms with E-state index in [1.54, 1.807) is 30.3 Å². The molecular formula is C33H42N10O9. The molecule has 2 aromatic rings. The number of rotatable bonds is 19. The Morgan fingerprint density at radius 1 is 0.865 bits per heavy atom. The van der Waals surface area contributed by atoms with E-state index in [0.717, 1.165) is 18.4 Å². The molecule has 1 aliphatic heterocycles. The molecule has 0 spiro atoms. The van der Waals surface area contributed by atoms with Gasteiger partial charge < -0.3 is 37.1 Å². The van der Waals surface area contributed by atoms with Gasteiger partial charge >= 0.3 is 0 Å². The highest BCUT2D eigenvalue weighted by molar-refractivity contribution is 6.12. The van der Waals surface area contributed by atoms with Crippen LogP contribution in [0.25, 0.3) is 0 Å². The van der Waals surface area contributed by atoms with E-state index in [0.29, 0.717) is 25.1 Å². The van der Waals surface area contributed by atoms with E-state index in [4.69, 9.17) is 10.5 Å². The van der Waals surface area contributed by atoms with Crippen molar-refractivity contribution in [1.82, 2.24) is 46.5 Å². The summed E-state index contributed by atoms with van der Waals surface area (Å²) in [5.41, 5.74) is 6.12.